The molecule has 7 nitrogen and oxygen atoms in total. The third-order valence-electron chi connectivity index (χ3n) is 6.67. The SMILES string of the molecule is Cc1cc(C)c(NC(=O)COc2ccc(N3C[C@H](C(=O)NCc4ccccc4C)CC3=O)cc2)c(C)c1. The fourth-order valence-corrected chi connectivity index (χ4v) is 4.69. The largest absolute Gasteiger partial charge is 0.484 e. The summed E-state index contributed by atoms with van der Waals surface area (Å²) in [5, 5.41) is 5.88. The highest BCUT2D eigenvalue weighted by Gasteiger charge is 2.35. The number of amides is 3. The van der Waals surface area contributed by atoms with Crippen molar-refractivity contribution in [3.05, 3.63) is 88.5 Å². The Bertz CT molecular complexity index is 1290. The predicted octanol–water partition coefficient (Wildman–Crippen LogP) is 4.61. The van der Waals surface area contributed by atoms with Crippen molar-refractivity contribution in [1.82, 2.24) is 5.32 Å². The highest BCUT2D eigenvalue weighted by atomic mass is 16.5. The number of hydrogen-bond acceptors (Lipinski definition) is 4. The standard InChI is InChI=1S/C30H33N3O4/c1-19-13-21(3)29(22(4)14-19)32-27(34)18-37-26-11-9-25(10-12-26)33-17-24(15-28(33)35)30(36)31-16-23-8-6-5-7-20(23)2/h5-14,24H,15-18H2,1-4H3,(H,31,36)(H,32,34)/t24-/m1/s1. The summed E-state index contributed by atoms with van der Waals surface area (Å²) in [5.74, 6) is -0.328. The van der Waals surface area contributed by atoms with E-state index in [-0.39, 0.29) is 30.7 Å². The molecular weight excluding hydrogens is 466 g/mol. The lowest BCUT2D eigenvalue weighted by molar-refractivity contribution is -0.126. The highest BCUT2D eigenvalue weighted by Crippen LogP contribution is 2.27. The van der Waals surface area contributed by atoms with Gasteiger partial charge in [0.2, 0.25) is 11.8 Å². The van der Waals surface area contributed by atoms with Crippen LogP contribution in [0.5, 0.6) is 5.75 Å². The van der Waals surface area contributed by atoms with Gasteiger partial charge in [0.1, 0.15) is 5.75 Å². The average Bonchev–Trinajstić information content (AvgIpc) is 3.26. The number of benzene rings is 3. The van der Waals surface area contributed by atoms with Gasteiger partial charge in [-0.1, -0.05) is 42.0 Å². The molecule has 1 atom stereocenters. The molecule has 1 heterocycles. The molecule has 0 bridgehead atoms. The minimum absolute atomic E-state index is 0.0899. The number of hydrogen-bond donors (Lipinski definition) is 2. The van der Waals surface area contributed by atoms with Crippen molar-refractivity contribution in [1.29, 1.82) is 0 Å². The van der Waals surface area contributed by atoms with Crippen LogP contribution in [-0.2, 0) is 20.9 Å². The monoisotopic (exact) mass is 499 g/mol. The second-order valence-electron chi connectivity index (χ2n) is 9.65. The molecule has 0 unspecified atom stereocenters. The van der Waals surface area contributed by atoms with Crippen molar-refractivity contribution in [3.8, 4) is 5.75 Å². The van der Waals surface area contributed by atoms with E-state index >= 15 is 0 Å². The molecule has 0 saturated carbocycles. The Morgan fingerprint density at radius 3 is 2.30 bits per heavy atom. The number of carbonyl (C=O) groups excluding carboxylic acids is 3. The third kappa shape index (κ3) is 6.36. The first kappa shape index (κ1) is 25.9. The van der Waals surface area contributed by atoms with Gasteiger partial charge in [-0.05, 0) is 74.2 Å². The van der Waals surface area contributed by atoms with E-state index in [1.54, 1.807) is 29.2 Å². The van der Waals surface area contributed by atoms with Gasteiger partial charge in [0.15, 0.2) is 6.61 Å². The number of ether oxygens (including phenoxy) is 1. The van der Waals surface area contributed by atoms with Gasteiger partial charge in [-0.3, -0.25) is 14.4 Å². The van der Waals surface area contributed by atoms with Gasteiger partial charge in [0.25, 0.3) is 5.91 Å². The van der Waals surface area contributed by atoms with E-state index in [2.05, 4.69) is 10.6 Å². The van der Waals surface area contributed by atoms with Crippen LogP contribution in [0.15, 0.2) is 60.7 Å². The molecule has 7 heteroatoms. The molecule has 2 N–H and O–H groups in total. The van der Waals surface area contributed by atoms with Crippen LogP contribution >= 0.6 is 0 Å². The van der Waals surface area contributed by atoms with Gasteiger partial charge in [0.05, 0.1) is 5.92 Å². The number of aryl methyl sites for hydroxylation is 4. The average molecular weight is 500 g/mol. The van der Waals surface area contributed by atoms with Gasteiger partial charge < -0.3 is 20.3 Å². The van der Waals surface area contributed by atoms with E-state index in [1.807, 2.05) is 64.1 Å². The second-order valence-corrected chi connectivity index (χ2v) is 9.65. The van der Waals surface area contributed by atoms with E-state index in [0.29, 0.717) is 24.5 Å². The quantitative estimate of drug-likeness (QED) is 0.474. The summed E-state index contributed by atoms with van der Waals surface area (Å²) >= 11 is 0. The van der Waals surface area contributed by atoms with Crippen molar-refractivity contribution < 1.29 is 19.1 Å². The number of carbonyl (C=O) groups is 3. The van der Waals surface area contributed by atoms with Crippen molar-refractivity contribution in [2.45, 2.75) is 40.7 Å². The zero-order valence-electron chi connectivity index (χ0n) is 21.8. The predicted molar refractivity (Wildman–Crippen MR) is 145 cm³/mol. The Kier molecular flexibility index (Phi) is 7.92. The molecule has 4 rings (SSSR count). The van der Waals surface area contributed by atoms with Crippen molar-refractivity contribution >= 4 is 29.1 Å². The van der Waals surface area contributed by atoms with Crippen LogP contribution < -0.4 is 20.3 Å². The van der Waals surface area contributed by atoms with Crippen LogP contribution in [0.1, 0.15) is 34.2 Å². The topological polar surface area (TPSA) is 87.7 Å². The van der Waals surface area contributed by atoms with Crippen LogP contribution in [0.25, 0.3) is 0 Å². The van der Waals surface area contributed by atoms with E-state index in [4.69, 9.17) is 4.74 Å². The van der Waals surface area contributed by atoms with Crippen LogP contribution in [0.2, 0.25) is 0 Å². The van der Waals surface area contributed by atoms with E-state index in [9.17, 15) is 14.4 Å². The minimum atomic E-state index is -0.398. The van der Waals surface area contributed by atoms with Crippen LogP contribution in [0.3, 0.4) is 0 Å². The zero-order valence-corrected chi connectivity index (χ0v) is 21.8. The summed E-state index contributed by atoms with van der Waals surface area (Å²) in [6.07, 6.45) is 0.176. The van der Waals surface area contributed by atoms with Crippen molar-refractivity contribution in [2.24, 2.45) is 5.92 Å². The molecule has 0 aliphatic carbocycles. The minimum Gasteiger partial charge on any atom is -0.484 e. The summed E-state index contributed by atoms with van der Waals surface area (Å²) < 4.78 is 5.65. The summed E-state index contributed by atoms with van der Waals surface area (Å²) in [7, 11) is 0. The Labute approximate surface area is 217 Å². The number of anilines is 2. The second kappa shape index (κ2) is 11.3. The maximum Gasteiger partial charge on any atom is 0.262 e. The molecule has 3 aromatic rings. The molecular formula is C30H33N3O4. The molecule has 0 spiro atoms. The molecule has 37 heavy (non-hydrogen) atoms. The van der Waals surface area contributed by atoms with Crippen molar-refractivity contribution in [3.63, 3.8) is 0 Å². The first-order valence-electron chi connectivity index (χ1n) is 12.4. The molecule has 0 radical (unpaired) electrons. The molecule has 1 saturated heterocycles. The summed E-state index contributed by atoms with van der Waals surface area (Å²) in [4.78, 5) is 39.4. The fraction of sp³-hybridized carbons (Fsp3) is 0.300. The molecule has 3 amide bonds. The van der Waals surface area contributed by atoms with E-state index < -0.39 is 5.92 Å². The van der Waals surface area contributed by atoms with Gasteiger partial charge >= 0.3 is 0 Å². The molecule has 1 aliphatic heterocycles. The highest BCUT2D eigenvalue weighted by molar-refractivity contribution is 6.00. The van der Waals surface area contributed by atoms with Gasteiger partial charge in [0, 0.05) is 30.9 Å². The normalized spacial score (nSPS) is 15.0. The Balaban J connectivity index is 1.29. The maximum absolute atomic E-state index is 12.7. The molecule has 0 aromatic heterocycles. The molecule has 1 aliphatic rings. The molecule has 192 valence electrons. The summed E-state index contributed by atoms with van der Waals surface area (Å²) in [6.45, 7) is 8.61. The van der Waals surface area contributed by atoms with Crippen molar-refractivity contribution in [2.75, 3.05) is 23.4 Å². The van der Waals surface area contributed by atoms with Crippen LogP contribution in [-0.4, -0.2) is 30.9 Å². The lowest BCUT2D eigenvalue weighted by Crippen LogP contribution is -2.32. The maximum atomic E-state index is 12.7. The lowest BCUT2D eigenvalue weighted by atomic mass is 10.1. The Morgan fingerprint density at radius 2 is 1.62 bits per heavy atom. The zero-order chi connectivity index (χ0) is 26.5. The third-order valence-corrected chi connectivity index (χ3v) is 6.67. The smallest absolute Gasteiger partial charge is 0.262 e. The number of nitrogens with one attached hydrogen (secondary N) is 2. The first-order valence-corrected chi connectivity index (χ1v) is 12.4. The van der Waals surface area contributed by atoms with Gasteiger partial charge in [-0.2, -0.15) is 0 Å². The van der Waals surface area contributed by atoms with Crippen LogP contribution in [0.4, 0.5) is 11.4 Å². The summed E-state index contributed by atoms with van der Waals surface area (Å²) in [5.41, 5.74) is 6.84. The van der Waals surface area contributed by atoms with Gasteiger partial charge in [-0.25, -0.2) is 0 Å². The molecule has 3 aromatic carbocycles. The Hall–Kier alpha value is -4.13. The number of rotatable bonds is 8. The lowest BCUT2D eigenvalue weighted by Gasteiger charge is -2.17. The van der Waals surface area contributed by atoms with Crippen LogP contribution in [0, 0.1) is 33.6 Å². The number of nitrogens with zero attached hydrogens (tertiary/aromatic N) is 1. The summed E-state index contributed by atoms with van der Waals surface area (Å²) in [6, 6.07) is 19.0. The first-order chi connectivity index (χ1) is 17.7. The van der Waals surface area contributed by atoms with Gasteiger partial charge in [-0.15, -0.1) is 0 Å². The fourth-order valence-electron chi connectivity index (χ4n) is 4.69. The molecule has 1 fully saturated rings. The van der Waals surface area contributed by atoms with E-state index in [1.165, 1.54) is 0 Å². The Morgan fingerprint density at radius 1 is 0.946 bits per heavy atom. The van der Waals surface area contributed by atoms with E-state index in [0.717, 1.165) is 33.5 Å².